The van der Waals surface area contributed by atoms with E-state index in [0.717, 1.165) is 6.42 Å². The molecule has 1 radical (unpaired) electrons. The van der Waals surface area contributed by atoms with Crippen LogP contribution in [-0.4, -0.2) is 11.9 Å². The number of hydrogen-bond acceptors (Lipinski definition) is 2. The van der Waals surface area contributed by atoms with Gasteiger partial charge in [-0.15, -0.1) is 24.0 Å². The summed E-state index contributed by atoms with van der Waals surface area (Å²) in [7, 11) is 0. The molecule has 0 aromatic carbocycles. The summed E-state index contributed by atoms with van der Waals surface area (Å²) in [5.41, 5.74) is 0. The molecule has 0 spiro atoms. The van der Waals surface area contributed by atoms with Gasteiger partial charge in [-0.3, -0.25) is 0 Å². The van der Waals surface area contributed by atoms with Crippen molar-refractivity contribution in [3.8, 4) is 0 Å². The molecule has 0 aliphatic carbocycles. The van der Waals surface area contributed by atoms with E-state index in [2.05, 4.69) is 11.9 Å². The first kappa shape index (κ1) is 12.5. The van der Waals surface area contributed by atoms with Crippen LogP contribution < -0.4 is 5.11 Å². The Balaban J connectivity index is 0. The summed E-state index contributed by atoms with van der Waals surface area (Å²) in [5, 5.41) is 10.2. The van der Waals surface area contributed by atoms with Gasteiger partial charge in [0.05, 0.1) is 0 Å². The predicted molar refractivity (Wildman–Crippen MR) is 41.2 cm³/mol. The molecule has 1 aliphatic rings. The van der Waals surface area contributed by atoms with Crippen LogP contribution in [0.3, 0.4) is 0 Å². The largest absolute Gasteiger partial charge is 0.862 e. The minimum absolute atomic E-state index is 0. The van der Waals surface area contributed by atoms with Crippen molar-refractivity contribution in [2.75, 3.05) is 0 Å². The van der Waals surface area contributed by atoms with Gasteiger partial charge in [0.15, 0.2) is 0 Å². The molecule has 1 rings (SSSR count). The quantitative estimate of drug-likeness (QED) is 0.468. The monoisotopic (exact) mass is 289 g/mol. The first-order valence-electron chi connectivity index (χ1n) is 2.36. The summed E-state index contributed by atoms with van der Waals surface area (Å²) < 4.78 is 0. The number of halogens is 1. The summed E-state index contributed by atoms with van der Waals surface area (Å²) in [6.07, 6.45) is 1.45. The molecule has 0 bridgehead atoms. The average Bonchev–Trinajstić information content (AvgIpc) is 1.87. The second-order valence-electron chi connectivity index (χ2n) is 1.72. The molecule has 1 heterocycles. The summed E-state index contributed by atoms with van der Waals surface area (Å²) in [6.45, 7) is 3.60. The third kappa shape index (κ3) is 4.26. The zero-order chi connectivity index (χ0) is 5.28. The third-order valence-corrected chi connectivity index (χ3v) is 1.02. The van der Waals surface area contributed by atoms with Gasteiger partial charge in [-0.25, -0.2) is 0 Å². The van der Waals surface area contributed by atoms with Crippen molar-refractivity contribution >= 4 is 29.9 Å². The Kier molecular flexibility index (Phi) is 7.77. The van der Waals surface area contributed by atoms with Gasteiger partial charge in [0.2, 0.25) is 0 Å². The van der Waals surface area contributed by atoms with Gasteiger partial charge in [-0.05, 0) is 25.7 Å². The van der Waals surface area contributed by atoms with Gasteiger partial charge in [0.1, 0.15) is 0 Å². The molecular formula is C5H8INOZn-. The Morgan fingerprint density at radius 1 is 1.67 bits per heavy atom. The molecular weight excluding hydrogens is 282 g/mol. The molecule has 0 unspecified atom stereocenters. The number of hydrogen-bond donors (Lipinski definition) is 0. The third-order valence-electron chi connectivity index (χ3n) is 1.02. The minimum Gasteiger partial charge on any atom is -0.862 e. The van der Waals surface area contributed by atoms with Crippen molar-refractivity contribution in [1.82, 2.24) is 0 Å². The number of rotatable bonds is 0. The second kappa shape index (κ2) is 5.60. The summed E-state index contributed by atoms with van der Waals surface area (Å²) in [6, 6.07) is 0.0486. The molecule has 0 N–H and O–H groups in total. The van der Waals surface area contributed by atoms with Crippen LogP contribution in [0.4, 0.5) is 0 Å². The fraction of sp³-hybridized carbons (Fsp3) is 0.600. The molecule has 0 fully saturated rings. The predicted octanol–water partition coefficient (Wildman–Crippen LogP) is 0.357. The van der Waals surface area contributed by atoms with Gasteiger partial charge >= 0.3 is 0 Å². The standard InChI is InChI=1S/C5H8NO.HI.Zn/c1-4-2-3-5(7)6-4;;/h4H,1-3H2,(H,6,7);1H;/p-1/t4-;;/m1../s1. The first-order chi connectivity index (χ1) is 3.29. The van der Waals surface area contributed by atoms with Crippen LogP contribution in [-0.2, 0) is 19.5 Å². The fourth-order valence-electron chi connectivity index (χ4n) is 0.623. The van der Waals surface area contributed by atoms with Crippen LogP contribution in [0.25, 0.3) is 0 Å². The van der Waals surface area contributed by atoms with Crippen LogP contribution in [0.15, 0.2) is 4.99 Å². The van der Waals surface area contributed by atoms with Crippen molar-refractivity contribution in [2.45, 2.75) is 18.9 Å². The zero-order valence-electron chi connectivity index (χ0n) is 5.17. The Hall–Kier alpha value is 0.823. The van der Waals surface area contributed by atoms with Gasteiger partial charge in [-0.2, -0.15) is 0 Å². The van der Waals surface area contributed by atoms with Gasteiger partial charge in [0.25, 0.3) is 0 Å². The summed E-state index contributed by atoms with van der Waals surface area (Å²) in [4.78, 5) is 3.64. The molecule has 4 heteroatoms. The molecule has 0 amide bonds. The van der Waals surface area contributed by atoms with E-state index in [1.165, 1.54) is 0 Å². The van der Waals surface area contributed by atoms with Gasteiger partial charge < -0.3 is 10.1 Å². The van der Waals surface area contributed by atoms with Gasteiger partial charge in [0, 0.05) is 25.5 Å². The molecule has 1 aliphatic heterocycles. The van der Waals surface area contributed by atoms with Crippen molar-refractivity contribution in [2.24, 2.45) is 4.99 Å². The van der Waals surface area contributed by atoms with E-state index in [0.29, 0.717) is 6.42 Å². The van der Waals surface area contributed by atoms with E-state index in [9.17, 15) is 5.11 Å². The second-order valence-corrected chi connectivity index (χ2v) is 1.72. The van der Waals surface area contributed by atoms with E-state index < -0.39 is 0 Å². The van der Waals surface area contributed by atoms with Crippen LogP contribution in [0.2, 0.25) is 0 Å². The number of nitrogens with zero attached hydrogens (tertiary/aromatic N) is 1. The van der Waals surface area contributed by atoms with Gasteiger partial charge in [-0.1, -0.05) is 0 Å². The molecule has 49 valence electrons. The van der Waals surface area contributed by atoms with Crippen molar-refractivity contribution in [1.29, 1.82) is 0 Å². The summed E-state index contributed by atoms with van der Waals surface area (Å²) >= 11 is 0. The molecule has 0 aromatic heterocycles. The maximum absolute atomic E-state index is 10.2. The SMILES string of the molecule is I.[CH2][C@@H]1CCC([O-])=N1.[Zn]. The van der Waals surface area contributed by atoms with E-state index in [1.807, 2.05) is 0 Å². The molecule has 9 heavy (non-hydrogen) atoms. The van der Waals surface area contributed by atoms with Crippen LogP contribution in [0.1, 0.15) is 12.8 Å². The van der Waals surface area contributed by atoms with E-state index in [1.54, 1.807) is 0 Å². The maximum Gasteiger partial charge on any atom is 0.0492 e. The van der Waals surface area contributed by atoms with Crippen LogP contribution in [0, 0.1) is 6.92 Å². The van der Waals surface area contributed by atoms with E-state index in [4.69, 9.17) is 0 Å². The Morgan fingerprint density at radius 3 is 2.33 bits per heavy atom. The molecule has 1 atom stereocenters. The van der Waals surface area contributed by atoms with Crippen molar-refractivity contribution in [3.05, 3.63) is 6.92 Å². The molecule has 0 saturated carbocycles. The Bertz CT molecular complexity index is 107. The summed E-state index contributed by atoms with van der Waals surface area (Å²) in [5.74, 6) is 0.0139. The van der Waals surface area contributed by atoms with E-state index in [-0.39, 0.29) is 55.4 Å². The first-order valence-corrected chi connectivity index (χ1v) is 2.36. The molecule has 0 saturated heterocycles. The van der Waals surface area contributed by atoms with E-state index >= 15 is 0 Å². The minimum atomic E-state index is 0. The van der Waals surface area contributed by atoms with Crippen molar-refractivity contribution in [3.63, 3.8) is 0 Å². The Morgan fingerprint density at radius 2 is 2.22 bits per heavy atom. The normalized spacial score (nSPS) is 23.7. The van der Waals surface area contributed by atoms with Crippen molar-refractivity contribution < 1.29 is 24.6 Å². The average molecular weight is 290 g/mol. The maximum atomic E-state index is 10.2. The fourth-order valence-corrected chi connectivity index (χ4v) is 0.623. The molecule has 2 nitrogen and oxygen atoms in total. The van der Waals surface area contributed by atoms with Crippen LogP contribution >= 0.6 is 24.0 Å². The zero-order valence-corrected chi connectivity index (χ0v) is 10.5. The Labute approximate surface area is 84.9 Å². The topological polar surface area (TPSA) is 35.4 Å². The molecule has 0 aromatic rings. The smallest absolute Gasteiger partial charge is 0.0492 e. The van der Waals surface area contributed by atoms with Crippen LogP contribution in [0.5, 0.6) is 0 Å². The number of aliphatic imine (C=N–C) groups is 1.